The molecule has 0 amide bonds. The molecule has 3 heteroatoms. The summed E-state index contributed by atoms with van der Waals surface area (Å²) in [5.41, 5.74) is 4.72. The van der Waals surface area contributed by atoms with Crippen LogP contribution in [0.2, 0.25) is 0 Å². The zero-order chi connectivity index (χ0) is 16.1. The minimum atomic E-state index is 0.478. The van der Waals surface area contributed by atoms with Gasteiger partial charge in [-0.2, -0.15) is 0 Å². The molecular formula is C19H24O3. The van der Waals surface area contributed by atoms with Crippen molar-refractivity contribution in [1.82, 2.24) is 0 Å². The van der Waals surface area contributed by atoms with E-state index in [4.69, 9.17) is 14.2 Å². The number of benzene rings is 2. The summed E-state index contributed by atoms with van der Waals surface area (Å²) in [5.74, 6) is 2.46. The normalized spacial score (nSPS) is 10.4. The molecule has 2 aromatic carbocycles. The quantitative estimate of drug-likeness (QED) is 0.741. The van der Waals surface area contributed by atoms with E-state index in [2.05, 4.69) is 32.9 Å². The summed E-state index contributed by atoms with van der Waals surface area (Å²) in [6.07, 6.45) is 0. The molecule has 0 aromatic heterocycles. The summed E-state index contributed by atoms with van der Waals surface area (Å²) in [7, 11) is 1.65. The van der Waals surface area contributed by atoms with Gasteiger partial charge in [-0.3, -0.25) is 0 Å². The predicted octanol–water partition coefficient (Wildman–Crippen LogP) is 4.39. The van der Waals surface area contributed by atoms with Gasteiger partial charge in [-0.25, -0.2) is 0 Å². The highest BCUT2D eigenvalue weighted by molar-refractivity contribution is 5.44. The summed E-state index contributed by atoms with van der Waals surface area (Å²) in [6.45, 7) is 9.25. The molecule has 0 saturated carbocycles. The smallest absolute Gasteiger partial charge is 0.161 e. The van der Waals surface area contributed by atoms with Crippen LogP contribution in [0, 0.1) is 27.7 Å². The number of hydrogen-bond donors (Lipinski definition) is 0. The topological polar surface area (TPSA) is 27.7 Å². The van der Waals surface area contributed by atoms with Gasteiger partial charge in [-0.15, -0.1) is 0 Å². The van der Waals surface area contributed by atoms with Gasteiger partial charge >= 0.3 is 0 Å². The molecule has 0 aliphatic carbocycles. The number of rotatable bonds is 6. The molecule has 0 unspecified atom stereocenters. The number of methoxy groups -OCH3 is 1. The average Bonchev–Trinajstić information content (AvgIpc) is 2.51. The molecule has 0 heterocycles. The van der Waals surface area contributed by atoms with Crippen LogP contribution in [0.1, 0.15) is 22.3 Å². The van der Waals surface area contributed by atoms with Crippen molar-refractivity contribution < 1.29 is 14.2 Å². The van der Waals surface area contributed by atoms with Gasteiger partial charge in [0, 0.05) is 0 Å². The Bertz CT molecular complexity index is 647. The molecule has 0 radical (unpaired) electrons. The maximum absolute atomic E-state index is 5.90. The third-order valence-corrected chi connectivity index (χ3v) is 3.78. The maximum Gasteiger partial charge on any atom is 0.161 e. The third kappa shape index (κ3) is 3.73. The van der Waals surface area contributed by atoms with Crippen LogP contribution in [0.4, 0.5) is 0 Å². The molecule has 0 bridgehead atoms. The Morgan fingerprint density at radius 3 is 2.18 bits per heavy atom. The largest absolute Gasteiger partial charge is 0.493 e. The average molecular weight is 300 g/mol. The van der Waals surface area contributed by atoms with E-state index in [1.165, 1.54) is 11.1 Å². The van der Waals surface area contributed by atoms with Crippen LogP contribution in [-0.4, -0.2) is 20.3 Å². The van der Waals surface area contributed by atoms with E-state index in [1.807, 2.05) is 25.1 Å². The van der Waals surface area contributed by atoms with Crippen molar-refractivity contribution in [1.29, 1.82) is 0 Å². The third-order valence-electron chi connectivity index (χ3n) is 3.78. The van der Waals surface area contributed by atoms with Gasteiger partial charge in [0.15, 0.2) is 11.5 Å². The molecule has 0 aliphatic rings. The first-order chi connectivity index (χ1) is 10.5. The van der Waals surface area contributed by atoms with Gasteiger partial charge in [-0.05, 0) is 62.1 Å². The summed E-state index contributed by atoms with van der Waals surface area (Å²) in [4.78, 5) is 0. The second-order valence-corrected chi connectivity index (χ2v) is 5.50. The van der Waals surface area contributed by atoms with Crippen LogP contribution in [0.25, 0.3) is 0 Å². The van der Waals surface area contributed by atoms with Crippen molar-refractivity contribution >= 4 is 0 Å². The van der Waals surface area contributed by atoms with Gasteiger partial charge in [0.05, 0.1) is 7.11 Å². The van der Waals surface area contributed by atoms with Gasteiger partial charge in [0.2, 0.25) is 0 Å². The summed E-state index contributed by atoms with van der Waals surface area (Å²) in [6, 6.07) is 10.1. The van der Waals surface area contributed by atoms with E-state index >= 15 is 0 Å². The van der Waals surface area contributed by atoms with Crippen LogP contribution in [-0.2, 0) is 0 Å². The minimum absolute atomic E-state index is 0.478. The first-order valence-electron chi connectivity index (χ1n) is 7.50. The lowest BCUT2D eigenvalue weighted by Gasteiger charge is -2.15. The fourth-order valence-electron chi connectivity index (χ4n) is 2.34. The lowest BCUT2D eigenvalue weighted by Crippen LogP contribution is -2.11. The standard InChI is InChI=1S/C19H24O3/c1-13-6-9-17(18(12-13)20-5)21-10-11-22-19-15(3)8-7-14(2)16(19)4/h6-9,12H,10-11H2,1-5H3. The molecule has 2 aromatic rings. The van der Waals surface area contributed by atoms with Crippen molar-refractivity contribution in [3.8, 4) is 17.2 Å². The Labute approximate surface area is 132 Å². The van der Waals surface area contributed by atoms with Crippen molar-refractivity contribution in [3.63, 3.8) is 0 Å². The van der Waals surface area contributed by atoms with Gasteiger partial charge in [0.1, 0.15) is 19.0 Å². The molecule has 3 nitrogen and oxygen atoms in total. The van der Waals surface area contributed by atoms with Crippen molar-refractivity contribution in [2.45, 2.75) is 27.7 Å². The SMILES string of the molecule is COc1cc(C)ccc1OCCOc1c(C)ccc(C)c1C. The van der Waals surface area contributed by atoms with Crippen LogP contribution in [0.3, 0.4) is 0 Å². The highest BCUT2D eigenvalue weighted by Crippen LogP contribution is 2.28. The van der Waals surface area contributed by atoms with E-state index in [1.54, 1.807) is 7.11 Å². The van der Waals surface area contributed by atoms with E-state index in [-0.39, 0.29) is 0 Å². The Kier molecular flexibility index (Phi) is 5.31. The first-order valence-corrected chi connectivity index (χ1v) is 7.50. The Morgan fingerprint density at radius 2 is 1.45 bits per heavy atom. The zero-order valence-electron chi connectivity index (χ0n) is 14.0. The van der Waals surface area contributed by atoms with Crippen LogP contribution < -0.4 is 14.2 Å². The number of aryl methyl sites for hydroxylation is 3. The Morgan fingerprint density at radius 1 is 0.773 bits per heavy atom. The molecule has 0 atom stereocenters. The highest BCUT2D eigenvalue weighted by atomic mass is 16.5. The Balaban J connectivity index is 1.94. The second-order valence-electron chi connectivity index (χ2n) is 5.50. The molecule has 0 N–H and O–H groups in total. The molecule has 0 saturated heterocycles. The monoisotopic (exact) mass is 300 g/mol. The fraction of sp³-hybridized carbons (Fsp3) is 0.368. The zero-order valence-corrected chi connectivity index (χ0v) is 14.0. The lowest BCUT2D eigenvalue weighted by molar-refractivity contribution is 0.209. The van der Waals surface area contributed by atoms with Crippen LogP contribution in [0.5, 0.6) is 17.2 Å². The lowest BCUT2D eigenvalue weighted by atomic mass is 10.1. The van der Waals surface area contributed by atoms with E-state index in [9.17, 15) is 0 Å². The van der Waals surface area contributed by atoms with E-state index in [0.29, 0.717) is 13.2 Å². The van der Waals surface area contributed by atoms with Crippen molar-refractivity contribution in [3.05, 3.63) is 52.6 Å². The first kappa shape index (κ1) is 16.2. The van der Waals surface area contributed by atoms with E-state index < -0.39 is 0 Å². The summed E-state index contributed by atoms with van der Waals surface area (Å²) in [5, 5.41) is 0. The molecule has 2 rings (SSSR count). The molecule has 118 valence electrons. The van der Waals surface area contributed by atoms with Gasteiger partial charge in [0.25, 0.3) is 0 Å². The Hall–Kier alpha value is -2.16. The molecule has 22 heavy (non-hydrogen) atoms. The maximum atomic E-state index is 5.90. The second kappa shape index (κ2) is 7.21. The highest BCUT2D eigenvalue weighted by Gasteiger charge is 2.07. The predicted molar refractivity (Wildman–Crippen MR) is 89.4 cm³/mol. The molecule has 0 fully saturated rings. The number of ether oxygens (including phenoxy) is 3. The molecule has 0 aliphatic heterocycles. The summed E-state index contributed by atoms with van der Waals surface area (Å²) >= 11 is 0. The van der Waals surface area contributed by atoms with Crippen LogP contribution in [0.15, 0.2) is 30.3 Å². The van der Waals surface area contributed by atoms with Crippen molar-refractivity contribution in [2.75, 3.05) is 20.3 Å². The fourth-order valence-corrected chi connectivity index (χ4v) is 2.34. The van der Waals surface area contributed by atoms with Gasteiger partial charge in [-0.1, -0.05) is 18.2 Å². The van der Waals surface area contributed by atoms with Gasteiger partial charge < -0.3 is 14.2 Å². The number of hydrogen-bond acceptors (Lipinski definition) is 3. The molecular weight excluding hydrogens is 276 g/mol. The van der Waals surface area contributed by atoms with E-state index in [0.717, 1.165) is 28.4 Å². The van der Waals surface area contributed by atoms with Crippen molar-refractivity contribution in [2.24, 2.45) is 0 Å². The molecule has 0 spiro atoms. The summed E-state index contributed by atoms with van der Waals surface area (Å²) < 4.78 is 17.0. The minimum Gasteiger partial charge on any atom is -0.493 e. The van der Waals surface area contributed by atoms with Crippen LogP contribution >= 0.6 is 0 Å².